The van der Waals surface area contributed by atoms with Crippen LogP contribution in [0.1, 0.15) is 24.1 Å². The maximum atomic E-state index is 14.0. The quantitative estimate of drug-likeness (QED) is 0.691. The van der Waals surface area contributed by atoms with Crippen LogP contribution in [0.3, 0.4) is 0 Å². The lowest BCUT2D eigenvalue weighted by Gasteiger charge is -2.16. The van der Waals surface area contributed by atoms with Crippen molar-refractivity contribution in [1.82, 2.24) is 20.3 Å². The molecule has 10 heteroatoms. The Morgan fingerprint density at radius 2 is 1.93 bits per heavy atom. The third-order valence-corrected chi connectivity index (χ3v) is 4.09. The molecule has 0 radical (unpaired) electrons. The highest BCUT2D eigenvalue weighted by molar-refractivity contribution is 5.78. The van der Waals surface area contributed by atoms with Crippen LogP contribution in [-0.2, 0) is 17.5 Å². The molecule has 0 saturated heterocycles. The highest BCUT2D eigenvalue weighted by Gasteiger charge is 2.31. The Bertz CT molecular complexity index is 1090. The summed E-state index contributed by atoms with van der Waals surface area (Å²) in [6.07, 6.45) is -4.66. The largest absolute Gasteiger partial charge is 0.416 e. The maximum Gasteiger partial charge on any atom is 0.416 e. The third-order valence-electron chi connectivity index (χ3n) is 4.09. The maximum absolute atomic E-state index is 14.0. The molecular weight excluding hydrogens is 380 g/mol. The van der Waals surface area contributed by atoms with Gasteiger partial charge in [0.1, 0.15) is 17.9 Å². The number of nitrogens with zero attached hydrogens (tertiary/aromatic N) is 3. The number of alkyl halides is 3. The predicted octanol–water partition coefficient (Wildman–Crippen LogP) is 2.83. The van der Waals surface area contributed by atoms with Gasteiger partial charge >= 0.3 is 6.18 Å². The molecule has 0 aliphatic rings. The second kappa shape index (κ2) is 7.37. The van der Waals surface area contributed by atoms with Crippen molar-refractivity contribution in [1.29, 1.82) is 0 Å². The van der Waals surface area contributed by atoms with Crippen LogP contribution in [-0.4, -0.2) is 20.9 Å². The van der Waals surface area contributed by atoms with E-state index in [-0.39, 0.29) is 10.9 Å². The van der Waals surface area contributed by atoms with E-state index in [0.29, 0.717) is 11.6 Å². The standard InChI is InChI=1S/C18H14F4N4O2/c1-10(12-7-6-11(8-14(12)19)18(20,21)22)23-16(27)9-26-17(28)13-4-2-3-5-15(13)24-25-26/h2-8,10H,9H2,1H3,(H,23,27). The zero-order chi connectivity index (χ0) is 20.5. The van der Waals surface area contributed by atoms with Crippen molar-refractivity contribution in [3.63, 3.8) is 0 Å². The van der Waals surface area contributed by atoms with Gasteiger partial charge in [-0.1, -0.05) is 23.4 Å². The second-order valence-corrected chi connectivity index (χ2v) is 6.09. The molecule has 0 saturated carbocycles. The van der Waals surface area contributed by atoms with Gasteiger partial charge in [0.05, 0.1) is 17.0 Å². The number of rotatable bonds is 4. The van der Waals surface area contributed by atoms with Crippen molar-refractivity contribution >= 4 is 16.8 Å². The number of carbonyl (C=O) groups is 1. The van der Waals surface area contributed by atoms with Gasteiger partial charge in [-0.25, -0.2) is 9.07 Å². The molecule has 1 heterocycles. The SMILES string of the molecule is CC(NC(=O)Cn1nnc2ccccc2c1=O)c1ccc(C(F)(F)F)cc1F. The minimum absolute atomic E-state index is 0.113. The summed E-state index contributed by atoms with van der Waals surface area (Å²) in [6, 6.07) is 7.63. The summed E-state index contributed by atoms with van der Waals surface area (Å²) in [4.78, 5) is 24.5. The van der Waals surface area contributed by atoms with Gasteiger partial charge in [-0.05, 0) is 31.2 Å². The summed E-state index contributed by atoms with van der Waals surface area (Å²) in [7, 11) is 0. The van der Waals surface area contributed by atoms with Crippen molar-refractivity contribution < 1.29 is 22.4 Å². The van der Waals surface area contributed by atoms with Gasteiger partial charge in [0.25, 0.3) is 5.56 Å². The van der Waals surface area contributed by atoms with Crippen LogP contribution in [0, 0.1) is 5.82 Å². The minimum atomic E-state index is -4.66. The molecule has 1 atom stereocenters. The molecule has 6 nitrogen and oxygen atoms in total. The Balaban J connectivity index is 1.75. The Morgan fingerprint density at radius 1 is 1.21 bits per heavy atom. The second-order valence-electron chi connectivity index (χ2n) is 6.09. The van der Waals surface area contributed by atoms with Crippen LogP contribution in [0.25, 0.3) is 10.9 Å². The number of aromatic nitrogens is 3. The average molecular weight is 394 g/mol. The Hall–Kier alpha value is -3.30. The summed E-state index contributed by atoms with van der Waals surface area (Å²) >= 11 is 0. The molecule has 1 N–H and O–H groups in total. The average Bonchev–Trinajstić information content (AvgIpc) is 2.63. The molecule has 0 fully saturated rings. The third kappa shape index (κ3) is 4.00. The van der Waals surface area contributed by atoms with Crippen LogP contribution in [0.2, 0.25) is 0 Å². The number of amides is 1. The zero-order valence-corrected chi connectivity index (χ0v) is 14.5. The van der Waals surface area contributed by atoms with Crippen LogP contribution >= 0.6 is 0 Å². The van der Waals surface area contributed by atoms with Crippen molar-refractivity contribution in [2.75, 3.05) is 0 Å². The highest BCUT2D eigenvalue weighted by Crippen LogP contribution is 2.31. The molecule has 1 amide bonds. The lowest BCUT2D eigenvalue weighted by atomic mass is 10.0. The first kappa shape index (κ1) is 19.5. The minimum Gasteiger partial charge on any atom is -0.348 e. The van der Waals surface area contributed by atoms with Gasteiger partial charge in [-0.15, -0.1) is 5.10 Å². The number of hydrogen-bond donors (Lipinski definition) is 1. The number of benzene rings is 2. The van der Waals surface area contributed by atoms with E-state index in [4.69, 9.17) is 0 Å². The summed E-state index contributed by atoms with van der Waals surface area (Å²) in [5.74, 6) is -1.76. The normalized spacial score (nSPS) is 12.8. The van der Waals surface area contributed by atoms with Crippen molar-refractivity contribution in [3.8, 4) is 0 Å². The number of hydrogen-bond acceptors (Lipinski definition) is 4. The molecular formula is C18H14F4N4O2. The summed E-state index contributed by atoms with van der Waals surface area (Å²) in [5, 5.41) is 10.2. The van der Waals surface area contributed by atoms with Gasteiger partial charge in [0, 0.05) is 5.56 Å². The first-order chi connectivity index (χ1) is 13.2. The predicted molar refractivity (Wildman–Crippen MR) is 91.8 cm³/mol. The Morgan fingerprint density at radius 3 is 2.61 bits per heavy atom. The molecule has 0 bridgehead atoms. The summed E-state index contributed by atoms with van der Waals surface area (Å²) in [5.41, 5.74) is -1.37. The van der Waals surface area contributed by atoms with Crippen LogP contribution in [0.15, 0.2) is 47.3 Å². The molecule has 0 aliphatic heterocycles. The number of carbonyl (C=O) groups excluding carboxylic acids is 1. The van der Waals surface area contributed by atoms with E-state index in [1.807, 2.05) is 0 Å². The van der Waals surface area contributed by atoms with Crippen LogP contribution in [0.4, 0.5) is 17.6 Å². The van der Waals surface area contributed by atoms with E-state index in [0.717, 1.165) is 16.8 Å². The molecule has 28 heavy (non-hydrogen) atoms. The molecule has 1 unspecified atom stereocenters. The van der Waals surface area contributed by atoms with Gasteiger partial charge in [-0.2, -0.15) is 13.2 Å². The monoisotopic (exact) mass is 394 g/mol. The fourth-order valence-electron chi connectivity index (χ4n) is 2.68. The molecule has 3 rings (SSSR count). The van der Waals surface area contributed by atoms with E-state index in [1.54, 1.807) is 24.3 Å². The molecule has 1 aromatic heterocycles. The molecule has 146 valence electrons. The lowest BCUT2D eigenvalue weighted by molar-refractivity contribution is -0.137. The molecule has 0 aliphatic carbocycles. The van der Waals surface area contributed by atoms with E-state index >= 15 is 0 Å². The molecule has 0 spiro atoms. The Kier molecular flexibility index (Phi) is 5.12. The smallest absolute Gasteiger partial charge is 0.348 e. The van der Waals surface area contributed by atoms with Gasteiger partial charge in [0.15, 0.2) is 0 Å². The first-order valence-electron chi connectivity index (χ1n) is 8.15. The van der Waals surface area contributed by atoms with Gasteiger partial charge in [0.2, 0.25) is 5.91 Å². The molecule has 3 aromatic rings. The summed E-state index contributed by atoms with van der Waals surface area (Å²) in [6.45, 7) is 0.946. The van der Waals surface area contributed by atoms with E-state index in [9.17, 15) is 27.2 Å². The fourth-order valence-corrected chi connectivity index (χ4v) is 2.68. The highest BCUT2D eigenvalue weighted by atomic mass is 19.4. The molecule has 2 aromatic carbocycles. The van der Waals surface area contributed by atoms with E-state index < -0.39 is 41.6 Å². The van der Waals surface area contributed by atoms with Crippen molar-refractivity contribution in [2.24, 2.45) is 0 Å². The van der Waals surface area contributed by atoms with E-state index in [1.165, 1.54) is 6.92 Å². The van der Waals surface area contributed by atoms with Crippen LogP contribution < -0.4 is 10.9 Å². The number of fused-ring (bicyclic) bond motifs is 1. The fraction of sp³-hybridized carbons (Fsp3) is 0.222. The number of nitrogens with one attached hydrogen (secondary N) is 1. The first-order valence-corrected chi connectivity index (χ1v) is 8.15. The van der Waals surface area contributed by atoms with E-state index in [2.05, 4.69) is 15.6 Å². The Labute approximate surface area is 155 Å². The topological polar surface area (TPSA) is 76.9 Å². The lowest BCUT2D eigenvalue weighted by Crippen LogP contribution is -2.35. The summed E-state index contributed by atoms with van der Waals surface area (Å²) < 4.78 is 52.7. The van der Waals surface area contributed by atoms with Crippen molar-refractivity contribution in [2.45, 2.75) is 25.7 Å². The van der Waals surface area contributed by atoms with Crippen LogP contribution in [0.5, 0.6) is 0 Å². The van der Waals surface area contributed by atoms with Gasteiger partial charge < -0.3 is 5.32 Å². The van der Waals surface area contributed by atoms with Gasteiger partial charge in [-0.3, -0.25) is 9.59 Å². The zero-order valence-electron chi connectivity index (χ0n) is 14.5. The number of halogens is 4. The van der Waals surface area contributed by atoms with Crippen molar-refractivity contribution in [3.05, 3.63) is 69.8 Å².